The molecule has 3 aromatic heterocycles. The molecule has 5 rings (SSSR count). The van der Waals surface area contributed by atoms with E-state index in [0.29, 0.717) is 16.4 Å². The first-order valence-electron chi connectivity index (χ1n) is 10.9. The van der Waals surface area contributed by atoms with Gasteiger partial charge >= 0.3 is 0 Å². The third-order valence-corrected chi connectivity index (χ3v) is 6.31. The van der Waals surface area contributed by atoms with E-state index >= 15 is 0 Å². The Balaban J connectivity index is 1.53. The van der Waals surface area contributed by atoms with Crippen molar-refractivity contribution in [3.05, 3.63) is 70.9 Å². The highest BCUT2D eigenvalue weighted by atomic mass is 35.5. The fourth-order valence-corrected chi connectivity index (χ4v) is 4.40. The molecule has 0 bridgehead atoms. The molecule has 0 amide bonds. The minimum atomic E-state index is -1.63. The van der Waals surface area contributed by atoms with Gasteiger partial charge in [-0.05, 0) is 25.1 Å². The average molecular weight is 538 g/mol. The van der Waals surface area contributed by atoms with Crippen LogP contribution in [0.15, 0.2) is 36.9 Å². The van der Waals surface area contributed by atoms with Crippen molar-refractivity contribution in [3.63, 3.8) is 0 Å². The summed E-state index contributed by atoms with van der Waals surface area (Å²) in [6, 6.07) is 1.86. The van der Waals surface area contributed by atoms with Crippen molar-refractivity contribution in [3.8, 4) is 16.9 Å². The molecule has 4 aromatic rings. The molecule has 15 heteroatoms. The molecule has 4 heterocycles. The summed E-state index contributed by atoms with van der Waals surface area (Å²) in [6.07, 6.45) is -1.34. The SMILES string of the molecule is Cc1ncc(Cl)cc1-n1cnnc1[C@@H]1O[C@H](CO)[C@H](O)[C@H](n2cc(-c3cc(F)c(F)c(F)c3)nn2)[C@H]1O. The number of halogens is 4. The molecule has 0 spiro atoms. The Morgan fingerprint density at radius 3 is 2.51 bits per heavy atom. The van der Waals surface area contributed by atoms with Gasteiger partial charge in [-0.1, -0.05) is 16.8 Å². The quantitative estimate of drug-likeness (QED) is 0.324. The second-order valence-corrected chi connectivity index (χ2v) is 8.84. The topological polar surface area (TPSA) is 144 Å². The molecule has 194 valence electrons. The Kier molecular flexibility index (Phi) is 6.68. The maximum absolute atomic E-state index is 13.7. The lowest BCUT2D eigenvalue weighted by atomic mass is 9.92. The average Bonchev–Trinajstić information content (AvgIpc) is 3.54. The van der Waals surface area contributed by atoms with Gasteiger partial charge in [0, 0.05) is 11.8 Å². The zero-order valence-electron chi connectivity index (χ0n) is 19.0. The molecule has 0 aliphatic carbocycles. The Morgan fingerprint density at radius 2 is 1.81 bits per heavy atom. The predicted octanol–water partition coefficient (Wildman–Crippen LogP) is 1.70. The van der Waals surface area contributed by atoms with Gasteiger partial charge < -0.3 is 20.1 Å². The van der Waals surface area contributed by atoms with Crippen LogP contribution in [0, 0.1) is 24.4 Å². The Labute approximate surface area is 211 Å². The highest BCUT2D eigenvalue weighted by molar-refractivity contribution is 6.30. The molecular weight excluding hydrogens is 519 g/mol. The number of ether oxygens (including phenoxy) is 1. The van der Waals surface area contributed by atoms with Gasteiger partial charge in [-0.2, -0.15) is 0 Å². The van der Waals surface area contributed by atoms with Gasteiger partial charge in [0.2, 0.25) is 0 Å². The first-order chi connectivity index (χ1) is 17.7. The lowest BCUT2D eigenvalue weighted by Crippen LogP contribution is -2.53. The van der Waals surface area contributed by atoms with Crippen LogP contribution in [-0.2, 0) is 4.74 Å². The predicted molar refractivity (Wildman–Crippen MR) is 120 cm³/mol. The summed E-state index contributed by atoms with van der Waals surface area (Å²) in [7, 11) is 0. The van der Waals surface area contributed by atoms with Crippen molar-refractivity contribution >= 4 is 11.6 Å². The number of pyridine rings is 1. The molecule has 1 aliphatic rings. The third kappa shape index (κ3) is 4.46. The Morgan fingerprint density at radius 1 is 1.08 bits per heavy atom. The van der Waals surface area contributed by atoms with Crippen molar-refractivity contribution < 1.29 is 33.2 Å². The van der Waals surface area contributed by atoms with Crippen molar-refractivity contribution in [2.24, 2.45) is 0 Å². The monoisotopic (exact) mass is 537 g/mol. The molecule has 11 nitrogen and oxygen atoms in total. The standard InChI is InChI=1S/C22H19ClF3N7O4/c1-9-15(4-11(23)5-27-9)32-8-28-30-22(32)21-20(36)18(19(35)16(7-34)37-21)33-6-14(29-31-33)10-2-12(24)17(26)13(25)3-10/h2-6,8,16,18-21,34-36H,7H2,1H3/t16-,18+,19+,20-,21-/m1/s1. The molecule has 5 atom stereocenters. The second-order valence-electron chi connectivity index (χ2n) is 8.40. The molecular formula is C22H19ClF3N7O4. The summed E-state index contributed by atoms with van der Waals surface area (Å²) >= 11 is 6.10. The maximum Gasteiger partial charge on any atom is 0.194 e. The van der Waals surface area contributed by atoms with Crippen molar-refractivity contribution in [1.82, 2.24) is 34.7 Å². The minimum absolute atomic E-state index is 0.0513. The van der Waals surface area contributed by atoms with E-state index in [9.17, 15) is 28.5 Å². The molecule has 0 unspecified atom stereocenters. The molecule has 1 aromatic carbocycles. The number of aromatic nitrogens is 7. The highest BCUT2D eigenvalue weighted by Gasteiger charge is 2.48. The number of aryl methyl sites for hydroxylation is 1. The van der Waals surface area contributed by atoms with Crippen LogP contribution in [0.3, 0.4) is 0 Å². The zero-order valence-corrected chi connectivity index (χ0v) is 19.7. The summed E-state index contributed by atoms with van der Waals surface area (Å²) in [4.78, 5) is 4.20. The summed E-state index contributed by atoms with van der Waals surface area (Å²) in [5, 5.41) is 48.1. The van der Waals surface area contributed by atoms with Crippen LogP contribution >= 0.6 is 11.6 Å². The molecule has 1 aliphatic heterocycles. The first-order valence-corrected chi connectivity index (χ1v) is 11.3. The number of hydrogen-bond acceptors (Lipinski definition) is 9. The van der Waals surface area contributed by atoms with Crippen LogP contribution in [0.5, 0.6) is 0 Å². The van der Waals surface area contributed by atoms with Crippen LogP contribution in [0.2, 0.25) is 5.02 Å². The minimum Gasteiger partial charge on any atom is -0.394 e. The third-order valence-electron chi connectivity index (χ3n) is 6.10. The van der Waals surface area contributed by atoms with E-state index < -0.39 is 54.5 Å². The molecule has 37 heavy (non-hydrogen) atoms. The number of hydrogen-bond donors (Lipinski definition) is 3. The van der Waals surface area contributed by atoms with Gasteiger partial charge in [0.1, 0.15) is 42.5 Å². The van der Waals surface area contributed by atoms with Crippen LogP contribution in [0.1, 0.15) is 23.7 Å². The van der Waals surface area contributed by atoms with E-state index in [4.69, 9.17) is 16.3 Å². The number of benzene rings is 1. The fraction of sp³-hybridized carbons (Fsp3) is 0.318. The highest BCUT2D eigenvalue weighted by Crippen LogP contribution is 2.38. The summed E-state index contributed by atoms with van der Waals surface area (Å²) in [5.41, 5.74) is 0.919. The Hall–Kier alpha value is -3.43. The van der Waals surface area contributed by atoms with Gasteiger partial charge in [0.15, 0.2) is 23.3 Å². The molecule has 3 N–H and O–H groups in total. The molecule has 0 saturated carbocycles. The largest absolute Gasteiger partial charge is 0.394 e. The van der Waals surface area contributed by atoms with Gasteiger partial charge in [-0.15, -0.1) is 15.3 Å². The Bertz CT molecular complexity index is 1430. The molecule has 0 radical (unpaired) electrons. The number of aliphatic hydroxyl groups excluding tert-OH is 3. The molecule has 1 fully saturated rings. The van der Waals surface area contributed by atoms with Gasteiger partial charge in [-0.3, -0.25) is 9.55 Å². The van der Waals surface area contributed by atoms with Crippen LogP contribution < -0.4 is 0 Å². The van der Waals surface area contributed by atoms with E-state index in [1.165, 1.54) is 23.3 Å². The number of aliphatic hydroxyl groups is 3. The van der Waals surface area contributed by atoms with Gasteiger partial charge in [-0.25, -0.2) is 17.9 Å². The van der Waals surface area contributed by atoms with Gasteiger partial charge in [0.25, 0.3) is 0 Å². The zero-order chi connectivity index (χ0) is 26.4. The summed E-state index contributed by atoms with van der Waals surface area (Å²) in [6.45, 7) is 1.11. The number of rotatable bonds is 5. The normalized spacial score (nSPS) is 23.9. The number of nitrogens with zero attached hydrogens (tertiary/aromatic N) is 7. The van der Waals surface area contributed by atoms with E-state index in [-0.39, 0.29) is 17.1 Å². The van der Waals surface area contributed by atoms with Gasteiger partial charge in [0.05, 0.1) is 29.2 Å². The van der Waals surface area contributed by atoms with Crippen molar-refractivity contribution in [2.45, 2.75) is 37.4 Å². The lowest BCUT2D eigenvalue weighted by molar-refractivity contribution is -0.210. The maximum atomic E-state index is 13.7. The van der Waals surface area contributed by atoms with Crippen LogP contribution in [-0.4, -0.2) is 75.0 Å². The van der Waals surface area contributed by atoms with Crippen LogP contribution in [0.25, 0.3) is 16.9 Å². The van der Waals surface area contributed by atoms with E-state index in [1.54, 1.807) is 13.0 Å². The lowest BCUT2D eigenvalue weighted by Gasteiger charge is -2.41. The first kappa shape index (κ1) is 25.2. The van der Waals surface area contributed by atoms with Crippen LogP contribution in [0.4, 0.5) is 13.2 Å². The van der Waals surface area contributed by atoms with E-state index in [1.807, 2.05) is 0 Å². The molecule has 1 saturated heterocycles. The summed E-state index contributed by atoms with van der Waals surface area (Å²) in [5.74, 6) is -4.34. The van der Waals surface area contributed by atoms with E-state index in [0.717, 1.165) is 16.8 Å². The van der Waals surface area contributed by atoms with Crippen molar-refractivity contribution in [1.29, 1.82) is 0 Å². The summed E-state index contributed by atoms with van der Waals surface area (Å²) < 4.78 is 49.2. The second kappa shape index (κ2) is 9.79. The van der Waals surface area contributed by atoms with E-state index in [2.05, 4.69) is 25.5 Å². The fourth-order valence-electron chi connectivity index (χ4n) is 4.25. The van der Waals surface area contributed by atoms with Crippen molar-refractivity contribution in [2.75, 3.05) is 6.61 Å². The smallest absolute Gasteiger partial charge is 0.194 e.